The topological polar surface area (TPSA) is 41.6 Å². The van der Waals surface area contributed by atoms with Crippen molar-refractivity contribution >= 4 is 18.3 Å². The average Bonchev–Trinajstić information content (AvgIpc) is 3.01. The van der Waals surface area contributed by atoms with Crippen LogP contribution in [-0.2, 0) is 9.53 Å². The third kappa shape index (κ3) is 2.65. The van der Waals surface area contributed by atoms with Gasteiger partial charge in [-0.2, -0.15) is 0 Å². The smallest absolute Gasteiger partial charge is 0.239 e. The number of halogens is 1. The molecule has 104 valence electrons. The fourth-order valence-corrected chi connectivity index (χ4v) is 3.38. The molecule has 2 unspecified atom stereocenters. The summed E-state index contributed by atoms with van der Waals surface area (Å²) in [5.74, 6) is 0.327. The van der Waals surface area contributed by atoms with Crippen molar-refractivity contribution in [2.45, 2.75) is 38.1 Å². The SMILES string of the molecule is Cl.O=C(C1CCCCN1)N1CCC2(CCOC2)C1. The second-order valence-electron chi connectivity index (χ2n) is 5.81. The molecule has 0 aliphatic carbocycles. The molecule has 0 saturated carbocycles. The average molecular weight is 275 g/mol. The summed E-state index contributed by atoms with van der Waals surface area (Å²) < 4.78 is 5.50. The molecular formula is C13H23ClN2O2. The number of carbonyl (C=O) groups excluding carboxylic acids is 1. The van der Waals surface area contributed by atoms with E-state index in [0.717, 1.165) is 52.1 Å². The number of hydrogen-bond acceptors (Lipinski definition) is 3. The molecule has 5 heteroatoms. The van der Waals surface area contributed by atoms with Gasteiger partial charge < -0.3 is 15.0 Å². The Morgan fingerprint density at radius 2 is 2.22 bits per heavy atom. The van der Waals surface area contributed by atoms with Gasteiger partial charge in [-0.25, -0.2) is 0 Å². The Morgan fingerprint density at radius 1 is 1.33 bits per heavy atom. The molecule has 0 radical (unpaired) electrons. The minimum absolute atomic E-state index is 0. The van der Waals surface area contributed by atoms with E-state index in [1.165, 1.54) is 12.8 Å². The van der Waals surface area contributed by atoms with Gasteiger partial charge in [0.25, 0.3) is 0 Å². The number of rotatable bonds is 1. The third-order valence-corrected chi connectivity index (χ3v) is 4.54. The lowest BCUT2D eigenvalue weighted by atomic mass is 9.87. The molecule has 2 atom stereocenters. The van der Waals surface area contributed by atoms with Crippen LogP contribution in [0.1, 0.15) is 32.1 Å². The van der Waals surface area contributed by atoms with E-state index in [-0.39, 0.29) is 18.4 Å². The van der Waals surface area contributed by atoms with E-state index in [1.54, 1.807) is 0 Å². The molecule has 0 aromatic heterocycles. The standard InChI is InChI=1S/C13H22N2O2.ClH/c16-12(11-3-1-2-6-14-11)15-7-4-13(9-15)5-8-17-10-13;/h11,14H,1-10H2;1H. The maximum absolute atomic E-state index is 12.4. The van der Waals surface area contributed by atoms with Crippen LogP contribution >= 0.6 is 12.4 Å². The zero-order chi connectivity index (χ0) is 11.7. The Kier molecular flexibility index (Phi) is 4.51. The van der Waals surface area contributed by atoms with Crippen molar-refractivity contribution in [3.63, 3.8) is 0 Å². The van der Waals surface area contributed by atoms with Crippen molar-refractivity contribution in [2.75, 3.05) is 32.8 Å². The lowest BCUT2D eigenvalue weighted by Crippen LogP contribution is -2.48. The number of hydrogen-bond donors (Lipinski definition) is 1. The molecule has 1 N–H and O–H groups in total. The van der Waals surface area contributed by atoms with Crippen LogP contribution in [0.3, 0.4) is 0 Å². The molecule has 3 saturated heterocycles. The highest BCUT2D eigenvalue weighted by Gasteiger charge is 2.43. The van der Waals surface area contributed by atoms with Crippen LogP contribution in [0.15, 0.2) is 0 Å². The lowest BCUT2D eigenvalue weighted by Gasteiger charge is -2.28. The molecule has 0 bridgehead atoms. The number of ether oxygens (including phenoxy) is 1. The van der Waals surface area contributed by atoms with Crippen LogP contribution in [0, 0.1) is 5.41 Å². The quantitative estimate of drug-likeness (QED) is 0.781. The van der Waals surface area contributed by atoms with Gasteiger partial charge in [0.2, 0.25) is 5.91 Å². The fourth-order valence-electron chi connectivity index (χ4n) is 3.38. The zero-order valence-electron chi connectivity index (χ0n) is 10.8. The van der Waals surface area contributed by atoms with Crippen LogP contribution < -0.4 is 5.32 Å². The van der Waals surface area contributed by atoms with Crippen molar-refractivity contribution in [1.82, 2.24) is 10.2 Å². The predicted octanol–water partition coefficient (Wildman–Crippen LogP) is 1.19. The summed E-state index contributed by atoms with van der Waals surface area (Å²) in [6.45, 7) is 4.58. The van der Waals surface area contributed by atoms with Gasteiger partial charge in [-0.05, 0) is 32.2 Å². The Bertz CT molecular complexity index is 299. The van der Waals surface area contributed by atoms with Gasteiger partial charge in [-0.1, -0.05) is 6.42 Å². The van der Waals surface area contributed by atoms with E-state index < -0.39 is 0 Å². The highest BCUT2D eigenvalue weighted by Crippen LogP contribution is 2.38. The van der Waals surface area contributed by atoms with Gasteiger partial charge in [0.05, 0.1) is 12.6 Å². The first kappa shape index (κ1) is 14.1. The maximum Gasteiger partial charge on any atom is 0.239 e. The molecule has 3 fully saturated rings. The number of carbonyl (C=O) groups is 1. The lowest BCUT2D eigenvalue weighted by molar-refractivity contribution is -0.133. The Morgan fingerprint density at radius 3 is 2.89 bits per heavy atom. The summed E-state index contributed by atoms with van der Waals surface area (Å²) >= 11 is 0. The largest absolute Gasteiger partial charge is 0.381 e. The Hall–Kier alpha value is -0.320. The Balaban J connectivity index is 0.00000120. The first-order valence-electron chi connectivity index (χ1n) is 6.89. The minimum atomic E-state index is 0. The van der Waals surface area contributed by atoms with Crippen LogP contribution in [0.5, 0.6) is 0 Å². The normalized spacial score (nSPS) is 35.8. The van der Waals surface area contributed by atoms with Gasteiger partial charge in [-0.3, -0.25) is 4.79 Å². The summed E-state index contributed by atoms with van der Waals surface area (Å²) in [6, 6.07) is 0.0845. The van der Waals surface area contributed by atoms with E-state index >= 15 is 0 Å². The minimum Gasteiger partial charge on any atom is -0.381 e. The van der Waals surface area contributed by atoms with Crippen molar-refractivity contribution in [2.24, 2.45) is 5.41 Å². The van der Waals surface area contributed by atoms with E-state index in [2.05, 4.69) is 10.2 Å². The van der Waals surface area contributed by atoms with Crippen LogP contribution in [-0.4, -0.2) is 49.7 Å². The first-order valence-corrected chi connectivity index (χ1v) is 6.89. The summed E-state index contributed by atoms with van der Waals surface area (Å²) in [5.41, 5.74) is 0.296. The molecular weight excluding hydrogens is 252 g/mol. The van der Waals surface area contributed by atoms with Crippen molar-refractivity contribution in [3.05, 3.63) is 0 Å². The van der Waals surface area contributed by atoms with Crippen LogP contribution in [0.25, 0.3) is 0 Å². The second kappa shape index (κ2) is 5.76. The van der Waals surface area contributed by atoms with Gasteiger partial charge in [-0.15, -0.1) is 12.4 Å². The molecule has 1 amide bonds. The van der Waals surface area contributed by atoms with Crippen molar-refractivity contribution in [1.29, 1.82) is 0 Å². The van der Waals surface area contributed by atoms with E-state index in [9.17, 15) is 4.79 Å². The van der Waals surface area contributed by atoms with E-state index in [0.29, 0.717) is 11.3 Å². The maximum atomic E-state index is 12.4. The predicted molar refractivity (Wildman–Crippen MR) is 72.0 cm³/mol. The number of nitrogens with zero attached hydrogens (tertiary/aromatic N) is 1. The van der Waals surface area contributed by atoms with Gasteiger partial charge in [0, 0.05) is 25.1 Å². The molecule has 3 aliphatic heterocycles. The van der Waals surface area contributed by atoms with Crippen molar-refractivity contribution < 1.29 is 9.53 Å². The monoisotopic (exact) mass is 274 g/mol. The fraction of sp³-hybridized carbons (Fsp3) is 0.923. The van der Waals surface area contributed by atoms with Crippen LogP contribution in [0.2, 0.25) is 0 Å². The molecule has 0 aromatic rings. The highest BCUT2D eigenvalue weighted by molar-refractivity contribution is 5.85. The Labute approximate surface area is 115 Å². The molecule has 3 rings (SSSR count). The number of piperidine rings is 1. The number of nitrogens with one attached hydrogen (secondary N) is 1. The van der Waals surface area contributed by atoms with Crippen LogP contribution in [0.4, 0.5) is 0 Å². The third-order valence-electron chi connectivity index (χ3n) is 4.54. The summed E-state index contributed by atoms with van der Waals surface area (Å²) in [6.07, 6.45) is 5.67. The van der Waals surface area contributed by atoms with Gasteiger partial charge in [0.1, 0.15) is 0 Å². The van der Waals surface area contributed by atoms with E-state index in [4.69, 9.17) is 4.74 Å². The van der Waals surface area contributed by atoms with E-state index in [1.807, 2.05) is 0 Å². The van der Waals surface area contributed by atoms with Gasteiger partial charge in [0.15, 0.2) is 0 Å². The highest BCUT2D eigenvalue weighted by atomic mass is 35.5. The summed E-state index contributed by atoms with van der Waals surface area (Å²) in [5, 5.41) is 3.35. The summed E-state index contributed by atoms with van der Waals surface area (Å²) in [7, 11) is 0. The molecule has 18 heavy (non-hydrogen) atoms. The van der Waals surface area contributed by atoms with Crippen molar-refractivity contribution in [3.8, 4) is 0 Å². The molecule has 1 spiro atoms. The molecule has 3 heterocycles. The zero-order valence-corrected chi connectivity index (χ0v) is 11.6. The molecule has 4 nitrogen and oxygen atoms in total. The second-order valence-corrected chi connectivity index (χ2v) is 5.81. The van der Waals surface area contributed by atoms with Gasteiger partial charge >= 0.3 is 0 Å². The summed E-state index contributed by atoms with van der Waals surface area (Å²) in [4.78, 5) is 14.4. The first-order chi connectivity index (χ1) is 8.29. The number of likely N-dealkylation sites (tertiary alicyclic amines) is 1. The number of amides is 1. The molecule has 0 aromatic carbocycles. The molecule has 3 aliphatic rings.